The molecule has 0 amide bonds. The second kappa shape index (κ2) is 5.37. The number of halogens is 1. The summed E-state index contributed by atoms with van der Waals surface area (Å²) < 4.78 is 18.4. The van der Waals surface area contributed by atoms with E-state index in [2.05, 4.69) is 0 Å². The van der Waals surface area contributed by atoms with E-state index in [1.165, 1.54) is 12.1 Å². The van der Waals surface area contributed by atoms with Gasteiger partial charge in [-0.05, 0) is 49.4 Å². The molecule has 3 heteroatoms. The Morgan fingerprint density at radius 3 is 2.94 bits per heavy atom. The molecule has 1 N–H and O–H groups in total. The molecule has 1 aromatic carbocycles. The summed E-state index contributed by atoms with van der Waals surface area (Å²) in [6.07, 6.45) is 4.18. The highest BCUT2D eigenvalue weighted by molar-refractivity contribution is 5.28. The molecule has 1 aromatic rings. The molecule has 0 bridgehead atoms. The Bertz CT molecular complexity index is 419. The fourth-order valence-electron chi connectivity index (χ4n) is 2.86. The first-order chi connectivity index (χ1) is 8.52. The van der Waals surface area contributed by atoms with Crippen molar-refractivity contribution in [1.29, 1.82) is 0 Å². The minimum absolute atomic E-state index is 0.143. The fourth-order valence-corrected chi connectivity index (χ4v) is 2.86. The summed E-state index contributed by atoms with van der Waals surface area (Å²) in [5.74, 6) is -0.221. The van der Waals surface area contributed by atoms with Gasteiger partial charge in [-0.15, -0.1) is 0 Å². The largest absolute Gasteiger partial charge is 0.389 e. The second-order valence-electron chi connectivity index (χ2n) is 5.43. The molecule has 18 heavy (non-hydrogen) atoms. The van der Waals surface area contributed by atoms with Crippen molar-refractivity contribution in [1.82, 2.24) is 0 Å². The van der Waals surface area contributed by atoms with Crippen LogP contribution in [0.3, 0.4) is 0 Å². The molecular weight excluding hydrogens is 231 g/mol. The van der Waals surface area contributed by atoms with Gasteiger partial charge in [0.05, 0.1) is 11.7 Å². The molecule has 0 spiro atoms. The van der Waals surface area contributed by atoms with Crippen LogP contribution in [0.4, 0.5) is 4.39 Å². The summed E-state index contributed by atoms with van der Waals surface area (Å²) in [7, 11) is 1.69. The van der Waals surface area contributed by atoms with E-state index in [-0.39, 0.29) is 11.9 Å². The molecule has 2 rings (SSSR count). The van der Waals surface area contributed by atoms with Crippen molar-refractivity contribution in [3.8, 4) is 0 Å². The van der Waals surface area contributed by atoms with Crippen molar-refractivity contribution in [3.05, 3.63) is 35.1 Å². The summed E-state index contributed by atoms with van der Waals surface area (Å²) in [6, 6.07) is 4.76. The number of methoxy groups -OCH3 is 1. The van der Waals surface area contributed by atoms with Crippen LogP contribution in [0.15, 0.2) is 18.2 Å². The zero-order valence-electron chi connectivity index (χ0n) is 11.1. The van der Waals surface area contributed by atoms with E-state index in [0.29, 0.717) is 12.8 Å². The lowest BCUT2D eigenvalue weighted by molar-refractivity contribution is -0.0582. The van der Waals surface area contributed by atoms with Crippen LogP contribution < -0.4 is 0 Å². The summed E-state index contributed by atoms with van der Waals surface area (Å²) >= 11 is 0. The SMILES string of the molecule is COC1CCCC(O)(Cc2ccc(F)cc2C)C1. The quantitative estimate of drug-likeness (QED) is 0.896. The molecule has 100 valence electrons. The maximum atomic E-state index is 13.1. The van der Waals surface area contributed by atoms with Gasteiger partial charge in [-0.3, -0.25) is 0 Å². The highest BCUT2D eigenvalue weighted by Gasteiger charge is 2.34. The van der Waals surface area contributed by atoms with Gasteiger partial charge in [-0.1, -0.05) is 6.07 Å². The lowest BCUT2D eigenvalue weighted by Crippen LogP contribution is -2.40. The van der Waals surface area contributed by atoms with E-state index in [4.69, 9.17) is 4.74 Å². The number of rotatable bonds is 3. The fraction of sp³-hybridized carbons (Fsp3) is 0.600. The molecule has 2 atom stereocenters. The molecule has 1 saturated carbocycles. The van der Waals surface area contributed by atoms with Crippen molar-refractivity contribution < 1.29 is 14.2 Å². The minimum atomic E-state index is -0.707. The third-order valence-electron chi connectivity index (χ3n) is 3.93. The van der Waals surface area contributed by atoms with E-state index in [9.17, 15) is 9.50 Å². The molecule has 0 radical (unpaired) electrons. The molecule has 1 fully saturated rings. The molecule has 1 aliphatic rings. The first-order valence-corrected chi connectivity index (χ1v) is 6.53. The topological polar surface area (TPSA) is 29.5 Å². The van der Waals surface area contributed by atoms with Gasteiger partial charge in [0.1, 0.15) is 5.82 Å². The van der Waals surface area contributed by atoms with Crippen LogP contribution in [0.25, 0.3) is 0 Å². The lowest BCUT2D eigenvalue weighted by atomic mass is 9.78. The van der Waals surface area contributed by atoms with Gasteiger partial charge >= 0.3 is 0 Å². The summed E-state index contributed by atoms with van der Waals surface area (Å²) in [5.41, 5.74) is 1.22. The summed E-state index contributed by atoms with van der Waals surface area (Å²) in [6.45, 7) is 1.89. The molecule has 2 nitrogen and oxygen atoms in total. The Morgan fingerprint density at radius 1 is 1.50 bits per heavy atom. The average molecular weight is 252 g/mol. The molecule has 2 unspecified atom stereocenters. The van der Waals surface area contributed by atoms with Crippen molar-refractivity contribution in [3.63, 3.8) is 0 Å². The Hall–Kier alpha value is -0.930. The van der Waals surface area contributed by atoms with Gasteiger partial charge in [0, 0.05) is 20.0 Å². The molecule has 0 heterocycles. The van der Waals surface area contributed by atoms with E-state index in [1.807, 2.05) is 6.92 Å². The third-order valence-corrected chi connectivity index (χ3v) is 3.93. The van der Waals surface area contributed by atoms with Gasteiger partial charge in [0.25, 0.3) is 0 Å². The standard InChI is InChI=1S/C15H21FO2/c1-11-8-13(16)6-5-12(11)9-15(17)7-3-4-14(10-15)18-2/h5-6,8,14,17H,3-4,7,9-10H2,1-2H3. The van der Waals surface area contributed by atoms with Gasteiger partial charge in [0.2, 0.25) is 0 Å². The zero-order valence-corrected chi connectivity index (χ0v) is 11.1. The Morgan fingerprint density at radius 2 is 2.28 bits per heavy atom. The Kier molecular flexibility index (Phi) is 4.03. The molecule has 0 saturated heterocycles. The Balaban J connectivity index is 2.11. The first kappa shape index (κ1) is 13.5. The van der Waals surface area contributed by atoms with E-state index >= 15 is 0 Å². The maximum Gasteiger partial charge on any atom is 0.123 e. The number of aryl methyl sites for hydroxylation is 1. The van der Waals surface area contributed by atoms with Crippen molar-refractivity contribution >= 4 is 0 Å². The summed E-state index contributed by atoms with van der Waals surface area (Å²) in [5, 5.41) is 10.6. The normalized spacial score (nSPS) is 28.3. The highest BCUT2D eigenvalue weighted by Crippen LogP contribution is 2.33. The molecule has 0 aliphatic heterocycles. The highest BCUT2D eigenvalue weighted by atomic mass is 19.1. The van der Waals surface area contributed by atoms with Gasteiger partial charge in [-0.25, -0.2) is 4.39 Å². The van der Waals surface area contributed by atoms with E-state index < -0.39 is 5.60 Å². The van der Waals surface area contributed by atoms with Crippen LogP contribution in [0, 0.1) is 12.7 Å². The van der Waals surface area contributed by atoms with E-state index in [1.54, 1.807) is 13.2 Å². The maximum absolute atomic E-state index is 13.1. The molecule has 0 aromatic heterocycles. The predicted octanol–water partition coefficient (Wildman–Crippen LogP) is 3.00. The number of hydrogen-bond acceptors (Lipinski definition) is 2. The number of hydrogen-bond donors (Lipinski definition) is 1. The van der Waals surface area contributed by atoms with Gasteiger partial charge in [0.15, 0.2) is 0 Å². The van der Waals surface area contributed by atoms with Crippen LogP contribution in [-0.2, 0) is 11.2 Å². The lowest BCUT2D eigenvalue weighted by Gasteiger charge is -2.36. The summed E-state index contributed by atoms with van der Waals surface area (Å²) in [4.78, 5) is 0. The number of aliphatic hydroxyl groups is 1. The monoisotopic (exact) mass is 252 g/mol. The van der Waals surface area contributed by atoms with Crippen molar-refractivity contribution in [2.24, 2.45) is 0 Å². The number of ether oxygens (including phenoxy) is 1. The van der Waals surface area contributed by atoms with Gasteiger partial charge in [-0.2, -0.15) is 0 Å². The van der Waals surface area contributed by atoms with Crippen LogP contribution in [0.5, 0.6) is 0 Å². The first-order valence-electron chi connectivity index (χ1n) is 6.53. The van der Waals surface area contributed by atoms with Crippen LogP contribution in [0.1, 0.15) is 36.8 Å². The molecular formula is C15H21FO2. The third kappa shape index (κ3) is 3.09. The van der Waals surface area contributed by atoms with Crippen molar-refractivity contribution in [2.75, 3.05) is 7.11 Å². The zero-order chi connectivity index (χ0) is 13.2. The van der Waals surface area contributed by atoms with Crippen LogP contribution >= 0.6 is 0 Å². The second-order valence-corrected chi connectivity index (χ2v) is 5.43. The molecule has 1 aliphatic carbocycles. The smallest absolute Gasteiger partial charge is 0.123 e. The van der Waals surface area contributed by atoms with E-state index in [0.717, 1.165) is 30.4 Å². The average Bonchev–Trinajstić information content (AvgIpc) is 2.33. The Labute approximate surface area is 108 Å². The predicted molar refractivity (Wildman–Crippen MR) is 69.1 cm³/mol. The van der Waals surface area contributed by atoms with Crippen LogP contribution in [0.2, 0.25) is 0 Å². The van der Waals surface area contributed by atoms with Gasteiger partial charge < -0.3 is 9.84 Å². The van der Waals surface area contributed by atoms with Crippen LogP contribution in [-0.4, -0.2) is 23.9 Å². The van der Waals surface area contributed by atoms with Crippen molar-refractivity contribution in [2.45, 2.75) is 50.7 Å². The number of benzene rings is 1. The minimum Gasteiger partial charge on any atom is -0.389 e.